The van der Waals surface area contributed by atoms with E-state index in [9.17, 15) is 13.6 Å². The zero-order valence-corrected chi connectivity index (χ0v) is 13.3. The van der Waals surface area contributed by atoms with Gasteiger partial charge < -0.3 is 10.1 Å². The monoisotopic (exact) mass is 331 g/mol. The zero-order valence-electron chi connectivity index (χ0n) is 13.3. The molecule has 1 N–H and O–H groups in total. The zero-order chi connectivity index (χ0) is 17.4. The molecule has 24 heavy (non-hydrogen) atoms. The van der Waals surface area contributed by atoms with Crippen molar-refractivity contribution in [3.8, 4) is 5.75 Å². The van der Waals surface area contributed by atoms with Gasteiger partial charge in [-0.2, -0.15) is 0 Å². The fourth-order valence-corrected chi connectivity index (χ4v) is 2.23. The summed E-state index contributed by atoms with van der Waals surface area (Å²) >= 11 is 0. The molecule has 0 heterocycles. The Bertz CT molecular complexity index is 700. The molecule has 0 bridgehead atoms. The summed E-state index contributed by atoms with van der Waals surface area (Å²) in [5.74, 6) is -0.130. The van der Waals surface area contributed by atoms with Crippen LogP contribution in [-0.2, 0) is 11.2 Å². The normalized spacial score (nSPS) is 11.0. The van der Waals surface area contributed by atoms with Gasteiger partial charge in [-0.15, -0.1) is 0 Å². The standard InChI is InChI=1S/C19H19F2NO2/c1-24-17-9-7-15(13-16(17)19(20)21)8-10-18(23)22-12-11-14-5-3-2-4-6-14/h2-10,13,19H,11-12H2,1H3,(H,22,23). The van der Waals surface area contributed by atoms with Crippen LogP contribution in [0.4, 0.5) is 8.78 Å². The van der Waals surface area contributed by atoms with E-state index >= 15 is 0 Å². The highest BCUT2D eigenvalue weighted by atomic mass is 19.3. The van der Waals surface area contributed by atoms with Crippen LogP contribution in [0.25, 0.3) is 6.08 Å². The summed E-state index contributed by atoms with van der Waals surface area (Å²) in [4.78, 5) is 11.8. The van der Waals surface area contributed by atoms with Crippen molar-refractivity contribution in [3.05, 3.63) is 71.3 Å². The highest BCUT2D eigenvalue weighted by Crippen LogP contribution is 2.29. The van der Waals surface area contributed by atoms with Crippen LogP contribution in [0.15, 0.2) is 54.6 Å². The molecule has 0 saturated heterocycles. The van der Waals surface area contributed by atoms with Gasteiger partial charge in [0, 0.05) is 12.6 Å². The number of carbonyl (C=O) groups excluding carboxylic acids is 1. The van der Waals surface area contributed by atoms with Crippen LogP contribution in [0, 0.1) is 0 Å². The minimum atomic E-state index is -2.63. The Balaban J connectivity index is 1.90. The fourth-order valence-electron chi connectivity index (χ4n) is 2.23. The summed E-state index contributed by atoms with van der Waals surface area (Å²) in [7, 11) is 1.34. The van der Waals surface area contributed by atoms with Crippen molar-refractivity contribution in [2.75, 3.05) is 13.7 Å². The number of benzene rings is 2. The fraction of sp³-hybridized carbons (Fsp3) is 0.211. The quantitative estimate of drug-likeness (QED) is 0.779. The number of hydrogen-bond acceptors (Lipinski definition) is 2. The number of methoxy groups -OCH3 is 1. The lowest BCUT2D eigenvalue weighted by molar-refractivity contribution is -0.116. The maximum Gasteiger partial charge on any atom is 0.267 e. The number of ether oxygens (including phenoxy) is 1. The third-order valence-corrected chi connectivity index (χ3v) is 3.47. The Labute approximate surface area is 140 Å². The molecule has 0 aliphatic carbocycles. The SMILES string of the molecule is COc1ccc(C=CC(=O)NCCc2ccccc2)cc1C(F)F. The second-order valence-electron chi connectivity index (χ2n) is 5.16. The molecule has 0 saturated carbocycles. The summed E-state index contributed by atoms with van der Waals surface area (Å²) in [5.41, 5.74) is 1.46. The first-order valence-corrected chi connectivity index (χ1v) is 7.56. The molecule has 0 fully saturated rings. The van der Waals surface area contributed by atoms with Gasteiger partial charge in [-0.05, 0) is 35.8 Å². The number of amides is 1. The van der Waals surface area contributed by atoms with Gasteiger partial charge in [-0.3, -0.25) is 4.79 Å². The molecule has 0 aliphatic rings. The largest absolute Gasteiger partial charge is 0.496 e. The van der Waals surface area contributed by atoms with Crippen molar-refractivity contribution < 1.29 is 18.3 Å². The lowest BCUT2D eigenvalue weighted by Crippen LogP contribution is -2.23. The van der Waals surface area contributed by atoms with Crippen LogP contribution in [0.1, 0.15) is 23.1 Å². The van der Waals surface area contributed by atoms with E-state index in [2.05, 4.69) is 5.32 Å². The van der Waals surface area contributed by atoms with Gasteiger partial charge in [-0.25, -0.2) is 8.78 Å². The molecule has 5 heteroatoms. The number of nitrogens with one attached hydrogen (secondary N) is 1. The molecule has 0 aromatic heterocycles. The van der Waals surface area contributed by atoms with E-state index in [1.54, 1.807) is 6.07 Å². The highest BCUT2D eigenvalue weighted by molar-refractivity contribution is 5.91. The van der Waals surface area contributed by atoms with Gasteiger partial charge in [0.15, 0.2) is 0 Å². The molecule has 2 aromatic carbocycles. The summed E-state index contributed by atoms with van der Waals surface area (Å²) in [6.07, 6.45) is 0.942. The molecule has 1 amide bonds. The lowest BCUT2D eigenvalue weighted by Gasteiger charge is -2.08. The van der Waals surface area contributed by atoms with Crippen LogP contribution in [0.5, 0.6) is 5.75 Å². The van der Waals surface area contributed by atoms with E-state index in [0.29, 0.717) is 12.1 Å². The summed E-state index contributed by atoms with van der Waals surface area (Å²) in [6, 6.07) is 14.2. The molecule has 2 rings (SSSR count). The van der Waals surface area contributed by atoms with Crippen molar-refractivity contribution in [2.24, 2.45) is 0 Å². The first kappa shape index (κ1) is 17.7. The molecule has 0 unspecified atom stereocenters. The molecule has 3 nitrogen and oxygen atoms in total. The second-order valence-corrected chi connectivity index (χ2v) is 5.16. The Hall–Kier alpha value is -2.69. The maximum atomic E-state index is 12.9. The van der Waals surface area contributed by atoms with Crippen molar-refractivity contribution in [3.63, 3.8) is 0 Å². The van der Waals surface area contributed by atoms with E-state index in [4.69, 9.17) is 4.74 Å². The van der Waals surface area contributed by atoms with E-state index in [1.807, 2.05) is 30.3 Å². The smallest absolute Gasteiger partial charge is 0.267 e. The van der Waals surface area contributed by atoms with Crippen LogP contribution >= 0.6 is 0 Å². The number of halogens is 2. The molecule has 0 radical (unpaired) electrons. The van der Waals surface area contributed by atoms with Crippen molar-refractivity contribution in [2.45, 2.75) is 12.8 Å². The predicted molar refractivity (Wildman–Crippen MR) is 90.1 cm³/mol. The van der Waals surface area contributed by atoms with Crippen LogP contribution in [0.2, 0.25) is 0 Å². The molecule has 0 spiro atoms. The van der Waals surface area contributed by atoms with Gasteiger partial charge in [0.05, 0.1) is 12.7 Å². The first-order chi connectivity index (χ1) is 11.6. The van der Waals surface area contributed by atoms with Crippen LogP contribution < -0.4 is 10.1 Å². The molecule has 0 aliphatic heterocycles. The van der Waals surface area contributed by atoms with Gasteiger partial charge in [-0.1, -0.05) is 36.4 Å². The molecular formula is C19H19F2NO2. The van der Waals surface area contributed by atoms with E-state index < -0.39 is 6.43 Å². The maximum absolute atomic E-state index is 12.9. The summed E-state index contributed by atoms with van der Waals surface area (Å²) in [6.45, 7) is 0.512. The summed E-state index contributed by atoms with van der Waals surface area (Å²) in [5, 5.41) is 2.76. The first-order valence-electron chi connectivity index (χ1n) is 7.56. The van der Waals surface area contributed by atoms with Crippen molar-refractivity contribution in [1.82, 2.24) is 5.32 Å². The predicted octanol–water partition coefficient (Wildman–Crippen LogP) is 4.00. The Morgan fingerprint density at radius 3 is 2.62 bits per heavy atom. The van der Waals surface area contributed by atoms with Gasteiger partial charge in [0.25, 0.3) is 6.43 Å². The number of hydrogen-bond donors (Lipinski definition) is 1. The number of rotatable bonds is 7. The molecule has 2 aromatic rings. The number of carbonyl (C=O) groups is 1. The molecule has 0 atom stereocenters. The Morgan fingerprint density at radius 2 is 1.96 bits per heavy atom. The van der Waals surface area contributed by atoms with Crippen LogP contribution in [-0.4, -0.2) is 19.6 Å². The Kier molecular flexibility index (Phi) is 6.49. The Morgan fingerprint density at radius 1 is 1.21 bits per heavy atom. The average molecular weight is 331 g/mol. The van der Waals surface area contributed by atoms with Gasteiger partial charge >= 0.3 is 0 Å². The van der Waals surface area contributed by atoms with E-state index in [0.717, 1.165) is 12.0 Å². The summed E-state index contributed by atoms with van der Waals surface area (Å²) < 4.78 is 30.8. The van der Waals surface area contributed by atoms with Crippen molar-refractivity contribution >= 4 is 12.0 Å². The minimum Gasteiger partial charge on any atom is -0.496 e. The van der Waals surface area contributed by atoms with E-state index in [-0.39, 0.29) is 17.2 Å². The minimum absolute atomic E-state index is 0.134. The highest BCUT2D eigenvalue weighted by Gasteiger charge is 2.13. The molecular weight excluding hydrogens is 312 g/mol. The third kappa shape index (κ3) is 5.19. The van der Waals surface area contributed by atoms with E-state index in [1.165, 1.54) is 31.4 Å². The van der Waals surface area contributed by atoms with Gasteiger partial charge in [0.2, 0.25) is 5.91 Å². The topological polar surface area (TPSA) is 38.3 Å². The lowest BCUT2D eigenvalue weighted by atomic mass is 10.1. The van der Waals surface area contributed by atoms with Gasteiger partial charge in [0.1, 0.15) is 5.75 Å². The van der Waals surface area contributed by atoms with Crippen molar-refractivity contribution in [1.29, 1.82) is 0 Å². The number of alkyl halides is 2. The molecule has 126 valence electrons. The van der Waals surface area contributed by atoms with Crippen LogP contribution in [0.3, 0.4) is 0 Å². The average Bonchev–Trinajstić information content (AvgIpc) is 2.60. The second kappa shape index (κ2) is 8.82. The third-order valence-electron chi connectivity index (χ3n) is 3.47.